The zero-order valence-corrected chi connectivity index (χ0v) is 37.9. The molecule has 6 N–H and O–H groups in total. The first kappa shape index (κ1) is 46.8. The Morgan fingerprint density at radius 3 is 1.24 bits per heavy atom. The lowest BCUT2D eigenvalue weighted by molar-refractivity contribution is -0.110. The van der Waals surface area contributed by atoms with E-state index in [4.69, 9.17) is 29.1 Å². The number of rotatable bonds is 17. The second-order valence-corrected chi connectivity index (χ2v) is 16.3. The summed E-state index contributed by atoms with van der Waals surface area (Å²) >= 11 is 0. The number of nitrogen functional groups attached to an aromatic ring is 2. The van der Waals surface area contributed by atoms with E-state index in [9.17, 15) is 34.2 Å². The number of allylic oxidation sites excluding steroid dienone is 4. The van der Waals surface area contributed by atoms with Crippen LogP contribution < -0.4 is 11.5 Å². The highest BCUT2D eigenvalue weighted by molar-refractivity contribution is 6.11. The second-order valence-electron chi connectivity index (χ2n) is 16.3. The van der Waals surface area contributed by atoms with Gasteiger partial charge in [0.25, 0.3) is 0 Å². The summed E-state index contributed by atoms with van der Waals surface area (Å²) in [6, 6.07) is 43.5. The van der Waals surface area contributed by atoms with Crippen LogP contribution in [0.25, 0.3) is 80.7 Å². The molecule has 0 aliphatic carbocycles. The summed E-state index contributed by atoms with van der Waals surface area (Å²) in [7, 11) is 0. The summed E-state index contributed by atoms with van der Waals surface area (Å²) in [6.45, 7) is 0. The van der Waals surface area contributed by atoms with Gasteiger partial charge in [0.2, 0.25) is 0 Å². The number of anilines is 2. The summed E-state index contributed by atoms with van der Waals surface area (Å²) in [5.74, 6) is 0.180. The molecule has 0 saturated carbocycles. The average molecular weight is 953 g/mol. The lowest BCUT2D eigenvalue weighted by Gasteiger charge is -2.10. The molecule has 4 heterocycles. The van der Waals surface area contributed by atoms with Crippen molar-refractivity contribution in [3.63, 3.8) is 0 Å². The number of carbonyl (C=O) groups excluding carboxylic acids is 3. The van der Waals surface area contributed by atoms with E-state index in [1.165, 1.54) is 66.8 Å². The molecule has 9 aromatic rings. The van der Waals surface area contributed by atoms with E-state index < -0.39 is 17.7 Å². The van der Waals surface area contributed by atoms with E-state index in [0.29, 0.717) is 85.3 Å². The van der Waals surface area contributed by atoms with E-state index in [1.807, 2.05) is 18.2 Å². The fraction of sp³-hybridized carbons (Fsp3) is 0. The van der Waals surface area contributed by atoms with Crippen molar-refractivity contribution in [3.8, 4) is 56.4 Å². The summed E-state index contributed by atoms with van der Waals surface area (Å²) in [6.07, 6.45) is 11.5. The summed E-state index contributed by atoms with van der Waals surface area (Å²) in [5, 5.41) is 19.4. The largest absolute Gasteiger partial charge is 0.478 e. The van der Waals surface area contributed by atoms with Crippen LogP contribution in [0.15, 0.2) is 200 Å². The van der Waals surface area contributed by atoms with Crippen molar-refractivity contribution in [2.45, 2.75) is 0 Å². The van der Waals surface area contributed by atoms with Gasteiger partial charge in [0.1, 0.15) is 46.1 Å². The summed E-state index contributed by atoms with van der Waals surface area (Å²) in [5.41, 5.74) is 17.5. The number of hydrogen-bond donors (Lipinski definition) is 4. The van der Waals surface area contributed by atoms with Crippen LogP contribution in [0.1, 0.15) is 64.5 Å². The van der Waals surface area contributed by atoms with Gasteiger partial charge >= 0.3 is 11.9 Å². The topological polar surface area (TPSA) is 230 Å². The zero-order chi connectivity index (χ0) is 50.3. The molecule has 72 heavy (non-hydrogen) atoms. The highest BCUT2D eigenvalue weighted by Crippen LogP contribution is 2.35. The van der Waals surface area contributed by atoms with Crippen LogP contribution in [0.3, 0.4) is 0 Å². The fourth-order valence-electron chi connectivity index (χ4n) is 7.63. The minimum atomic E-state index is -1.16. The van der Waals surface area contributed by atoms with E-state index in [-0.39, 0.29) is 33.8 Å². The molecule has 0 aliphatic rings. The van der Waals surface area contributed by atoms with Crippen LogP contribution in [-0.4, -0.2) is 39.5 Å². The average Bonchev–Trinajstić information content (AvgIpc) is 4.25. The van der Waals surface area contributed by atoms with E-state index in [1.54, 1.807) is 121 Å². The van der Waals surface area contributed by atoms with E-state index >= 15 is 0 Å². The van der Waals surface area contributed by atoms with Gasteiger partial charge < -0.3 is 39.3 Å². The second kappa shape index (κ2) is 20.5. The Hall–Kier alpha value is -10.3. The fourth-order valence-corrected chi connectivity index (χ4v) is 7.63. The molecule has 0 atom stereocenters. The lowest BCUT2D eigenvalue weighted by atomic mass is 9.96. The quantitative estimate of drug-likeness (QED) is 0.0378. The Bertz CT molecular complexity index is 3700. The van der Waals surface area contributed by atoms with Crippen LogP contribution in [0.2, 0.25) is 0 Å². The van der Waals surface area contributed by atoms with Gasteiger partial charge in [-0.15, -0.1) is 0 Å². The zero-order valence-electron chi connectivity index (χ0n) is 37.9. The number of ketones is 3. The number of nitrogens with two attached hydrogens (primary N) is 2. The molecule has 0 unspecified atom stereocenters. The minimum absolute atomic E-state index is 0.00500. The molecule has 0 radical (unpaired) electrons. The molecule has 0 fully saturated rings. The standard InChI is InChI=1S/C59H40N2O11/c60-45-9-3-7-38(32-45)55-23-16-48(69-55)12-10-47(62)11-13-49-18-25-57(71-49)43-29-41(33-46(61)34-43)40-28-42(31-44(30-40)59(67)68)56-24-19-51(72-56)15-21-53(64)36-5-1-4-35(26-36)52(63)20-14-50-17-22-54(70-50)37-6-2-8-39(27-37)58(65)66/h1-34H,60-61H2,(H,65,66)(H,67,68)/b12-10+,13-11+,20-14+,21-15+. The third-order valence-electron chi connectivity index (χ3n) is 11.2. The van der Waals surface area contributed by atoms with Gasteiger partial charge in [-0.25, -0.2) is 9.59 Å². The number of carboxylic acid groups (broad SMARTS) is 2. The number of hydrogen-bond acceptors (Lipinski definition) is 11. The lowest BCUT2D eigenvalue weighted by Crippen LogP contribution is -1.99. The van der Waals surface area contributed by atoms with Crippen LogP contribution in [0, 0.1) is 0 Å². The van der Waals surface area contributed by atoms with E-state index in [2.05, 4.69) is 0 Å². The SMILES string of the molecule is Nc1cccc(-c2ccc(/C=C/C(=O)/C=C/c3ccc(-c4cc(N)cc(-c5cc(C(=O)O)cc(-c6ccc(/C=C/C(=O)c7cccc(C(=O)/C=C/c8ccc(-c9cccc(C(=O)O)c9)o8)c7)o6)c5)c4)o3)o2)c1. The molecule has 352 valence electrons. The molecule has 0 aliphatic heterocycles. The van der Waals surface area contributed by atoms with Gasteiger partial charge in [-0.2, -0.15) is 0 Å². The molecule has 13 heteroatoms. The molecule has 4 aromatic heterocycles. The first-order valence-electron chi connectivity index (χ1n) is 22.1. The molecular formula is C59H40N2O11. The Labute approximate surface area is 410 Å². The highest BCUT2D eigenvalue weighted by atomic mass is 16.4. The number of furan rings is 4. The van der Waals surface area contributed by atoms with Gasteiger partial charge in [0.05, 0.1) is 11.1 Å². The molecular weight excluding hydrogens is 913 g/mol. The maximum Gasteiger partial charge on any atom is 0.335 e. The number of aromatic carboxylic acids is 2. The maximum absolute atomic E-state index is 13.3. The molecule has 0 bridgehead atoms. The normalized spacial score (nSPS) is 11.6. The van der Waals surface area contributed by atoms with Crippen molar-refractivity contribution in [1.29, 1.82) is 0 Å². The monoisotopic (exact) mass is 952 g/mol. The molecule has 9 rings (SSSR count). The first-order valence-corrected chi connectivity index (χ1v) is 22.1. The smallest absolute Gasteiger partial charge is 0.335 e. The van der Waals surface area contributed by atoms with Crippen LogP contribution in [0.4, 0.5) is 11.4 Å². The van der Waals surface area contributed by atoms with Crippen molar-refractivity contribution in [1.82, 2.24) is 0 Å². The van der Waals surface area contributed by atoms with Crippen molar-refractivity contribution in [2.75, 3.05) is 11.5 Å². The minimum Gasteiger partial charge on any atom is -0.478 e. The molecule has 0 spiro atoms. The third kappa shape index (κ3) is 11.2. The molecule has 5 aromatic carbocycles. The molecule has 0 saturated heterocycles. The first-order chi connectivity index (χ1) is 34.8. The van der Waals surface area contributed by atoms with Gasteiger partial charge in [-0.3, -0.25) is 14.4 Å². The van der Waals surface area contributed by atoms with E-state index in [0.717, 1.165) is 5.56 Å². The number of carboxylic acids is 2. The number of benzene rings is 5. The summed E-state index contributed by atoms with van der Waals surface area (Å²) < 4.78 is 23.8. The van der Waals surface area contributed by atoms with Gasteiger partial charge in [0, 0.05) is 44.8 Å². The van der Waals surface area contributed by atoms with Crippen LogP contribution in [0.5, 0.6) is 0 Å². The van der Waals surface area contributed by atoms with Gasteiger partial charge in [-0.1, -0.05) is 42.5 Å². The molecule has 13 nitrogen and oxygen atoms in total. The molecule has 0 amide bonds. The predicted octanol–water partition coefficient (Wildman–Crippen LogP) is 13.0. The van der Waals surface area contributed by atoms with Crippen molar-refractivity contribution in [3.05, 3.63) is 227 Å². The predicted molar refractivity (Wildman–Crippen MR) is 275 cm³/mol. The van der Waals surface area contributed by atoms with Crippen molar-refractivity contribution < 1.29 is 51.9 Å². The number of carbonyl (C=O) groups is 5. The Morgan fingerprint density at radius 1 is 0.347 bits per heavy atom. The highest BCUT2D eigenvalue weighted by Gasteiger charge is 2.16. The Kier molecular flexibility index (Phi) is 13.4. The third-order valence-corrected chi connectivity index (χ3v) is 11.2. The Balaban J connectivity index is 0.855. The van der Waals surface area contributed by atoms with Crippen LogP contribution in [-0.2, 0) is 4.79 Å². The van der Waals surface area contributed by atoms with Crippen molar-refractivity contribution in [2.24, 2.45) is 0 Å². The summed E-state index contributed by atoms with van der Waals surface area (Å²) in [4.78, 5) is 62.8. The van der Waals surface area contributed by atoms with Crippen molar-refractivity contribution >= 4 is 65.0 Å². The van der Waals surface area contributed by atoms with Gasteiger partial charge in [-0.05, 0) is 175 Å². The van der Waals surface area contributed by atoms with Gasteiger partial charge in [0.15, 0.2) is 17.3 Å². The maximum atomic E-state index is 13.3. The Morgan fingerprint density at radius 2 is 0.722 bits per heavy atom. The van der Waals surface area contributed by atoms with Crippen LogP contribution >= 0.6 is 0 Å².